The van der Waals surface area contributed by atoms with Gasteiger partial charge < -0.3 is 5.32 Å². The fraction of sp³-hybridized carbons (Fsp3) is 0.462. The molecule has 0 aliphatic heterocycles. The van der Waals surface area contributed by atoms with Gasteiger partial charge in [-0.25, -0.2) is 4.79 Å². The Morgan fingerprint density at radius 1 is 1.38 bits per heavy atom. The van der Waals surface area contributed by atoms with Crippen molar-refractivity contribution < 1.29 is 4.79 Å². The summed E-state index contributed by atoms with van der Waals surface area (Å²) in [7, 11) is 1.81. The molecule has 0 spiro atoms. The predicted molar refractivity (Wildman–Crippen MR) is 65.9 cm³/mol. The van der Waals surface area contributed by atoms with E-state index in [9.17, 15) is 4.79 Å². The van der Waals surface area contributed by atoms with E-state index in [2.05, 4.69) is 18.3 Å². The van der Waals surface area contributed by atoms with Crippen LogP contribution in [0.2, 0.25) is 0 Å². The zero-order valence-electron chi connectivity index (χ0n) is 10.1. The van der Waals surface area contributed by atoms with Crippen LogP contribution in [-0.2, 0) is 0 Å². The smallest absolute Gasteiger partial charge is 0.321 e. The molecule has 16 heavy (non-hydrogen) atoms. The molecule has 1 fully saturated rings. The van der Waals surface area contributed by atoms with Gasteiger partial charge in [0.05, 0.1) is 0 Å². The van der Waals surface area contributed by atoms with Crippen molar-refractivity contribution in [3.8, 4) is 0 Å². The van der Waals surface area contributed by atoms with Crippen LogP contribution < -0.4 is 10.2 Å². The fourth-order valence-corrected chi connectivity index (χ4v) is 1.79. The third kappa shape index (κ3) is 2.35. The second kappa shape index (κ2) is 4.16. The Hall–Kier alpha value is -1.51. The summed E-state index contributed by atoms with van der Waals surface area (Å²) in [6.45, 7) is 4.09. The molecule has 0 bridgehead atoms. The van der Waals surface area contributed by atoms with E-state index in [0.29, 0.717) is 6.04 Å². The van der Waals surface area contributed by atoms with Gasteiger partial charge in [-0.15, -0.1) is 0 Å². The summed E-state index contributed by atoms with van der Waals surface area (Å²) in [5.74, 6) is 0. The maximum atomic E-state index is 11.8. The Bertz CT molecular complexity index is 410. The molecule has 1 N–H and O–H groups in total. The standard InChI is InChI=1S/C13H18N2O/c1-9-4-7-12(10(2)8-9)15(3)13(16)14-11-5-6-11/h4,7-8,11H,5-6H2,1-3H3,(H,14,16). The van der Waals surface area contributed by atoms with Crippen molar-refractivity contribution in [2.45, 2.75) is 32.7 Å². The first-order chi connectivity index (χ1) is 7.58. The lowest BCUT2D eigenvalue weighted by molar-refractivity contribution is 0.247. The normalized spacial score (nSPS) is 14.7. The maximum Gasteiger partial charge on any atom is 0.321 e. The van der Waals surface area contributed by atoms with Crippen molar-refractivity contribution in [2.75, 3.05) is 11.9 Å². The van der Waals surface area contributed by atoms with Crippen LogP contribution in [0.25, 0.3) is 0 Å². The first-order valence-electron chi connectivity index (χ1n) is 5.69. The third-order valence-corrected chi connectivity index (χ3v) is 2.92. The lowest BCUT2D eigenvalue weighted by atomic mass is 10.1. The molecule has 2 rings (SSSR count). The number of rotatable bonds is 2. The van der Waals surface area contributed by atoms with E-state index in [0.717, 1.165) is 24.1 Å². The van der Waals surface area contributed by atoms with Gasteiger partial charge in [-0.3, -0.25) is 4.90 Å². The second-order valence-electron chi connectivity index (χ2n) is 4.57. The Morgan fingerprint density at radius 3 is 2.62 bits per heavy atom. The van der Waals surface area contributed by atoms with E-state index in [1.54, 1.807) is 4.90 Å². The van der Waals surface area contributed by atoms with E-state index < -0.39 is 0 Å². The molecule has 1 aliphatic carbocycles. The highest BCUT2D eigenvalue weighted by Crippen LogP contribution is 2.22. The summed E-state index contributed by atoms with van der Waals surface area (Å²) in [6.07, 6.45) is 2.24. The molecule has 0 unspecified atom stereocenters. The number of hydrogen-bond acceptors (Lipinski definition) is 1. The molecule has 1 aliphatic rings. The third-order valence-electron chi connectivity index (χ3n) is 2.92. The predicted octanol–water partition coefficient (Wildman–Crippen LogP) is 2.61. The highest BCUT2D eigenvalue weighted by atomic mass is 16.2. The van der Waals surface area contributed by atoms with E-state index in [1.165, 1.54) is 5.56 Å². The van der Waals surface area contributed by atoms with Gasteiger partial charge in [-0.05, 0) is 38.3 Å². The number of nitrogens with one attached hydrogen (secondary N) is 1. The summed E-state index contributed by atoms with van der Waals surface area (Å²) in [5, 5.41) is 2.98. The van der Waals surface area contributed by atoms with Crippen LogP contribution in [0.5, 0.6) is 0 Å². The SMILES string of the molecule is Cc1ccc(N(C)C(=O)NC2CC2)c(C)c1. The van der Waals surface area contributed by atoms with E-state index in [1.807, 2.05) is 26.1 Å². The fourth-order valence-electron chi connectivity index (χ4n) is 1.79. The highest BCUT2D eigenvalue weighted by molar-refractivity contribution is 5.92. The van der Waals surface area contributed by atoms with Gasteiger partial charge in [0.2, 0.25) is 0 Å². The van der Waals surface area contributed by atoms with Gasteiger partial charge >= 0.3 is 6.03 Å². The van der Waals surface area contributed by atoms with Crippen LogP contribution in [-0.4, -0.2) is 19.1 Å². The van der Waals surface area contributed by atoms with Crippen molar-refractivity contribution in [3.63, 3.8) is 0 Å². The van der Waals surface area contributed by atoms with Crippen LogP contribution >= 0.6 is 0 Å². The molecular formula is C13H18N2O. The number of aryl methyl sites for hydroxylation is 2. The van der Waals surface area contributed by atoms with Crippen LogP contribution in [0.4, 0.5) is 10.5 Å². The van der Waals surface area contributed by atoms with Crippen molar-refractivity contribution in [1.82, 2.24) is 5.32 Å². The first-order valence-corrected chi connectivity index (χ1v) is 5.69. The Balaban J connectivity index is 2.12. The first kappa shape index (κ1) is 11.0. The number of anilines is 1. The number of urea groups is 1. The number of hydrogen-bond donors (Lipinski definition) is 1. The molecule has 3 heteroatoms. The molecular weight excluding hydrogens is 200 g/mol. The average Bonchev–Trinajstić information content (AvgIpc) is 3.00. The number of nitrogens with zero attached hydrogens (tertiary/aromatic N) is 1. The average molecular weight is 218 g/mol. The monoisotopic (exact) mass is 218 g/mol. The largest absolute Gasteiger partial charge is 0.335 e. The number of benzene rings is 1. The summed E-state index contributed by atoms with van der Waals surface area (Å²) in [6, 6.07) is 6.52. The van der Waals surface area contributed by atoms with E-state index in [4.69, 9.17) is 0 Å². The van der Waals surface area contributed by atoms with Gasteiger partial charge in [-0.1, -0.05) is 17.7 Å². The highest BCUT2D eigenvalue weighted by Gasteiger charge is 2.25. The van der Waals surface area contributed by atoms with E-state index in [-0.39, 0.29) is 6.03 Å². The zero-order valence-corrected chi connectivity index (χ0v) is 10.1. The zero-order chi connectivity index (χ0) is 11.7. The maximum absolute atomic E-state index is 11.8. The summed E-state index contributed by atoms with van der Waals surface area (Å²) in [4.78, 5) is 13.5. The topological polar surface area (TPSA) is 32.3 Å². The van der Waals surface area contributed by atoms with Gasteiger partial charge in [-0.2, -0.15) is 0 Å². The number of amides is 2. The molecule has 0 heterocycles. The van der Waals surface area contributed by atoms with Gasteiger partial charge in [0, 0.05) is 18.8 Å². The molecule has 0 saturated heterocycles. The van der Waals surface area contributed by atoms with E-state index >= 15 is 0 Å². The molecule has 86 valence electrons. The molecule has 2 amide bonds. The molecule has 1 aromatic carbocycles. The lowest BCUT2D eigenvalue weighted by Crippen LogP contribution is -2.38. The number of carbonyl (C=O) groups excluding carboxylic acids is 1. The van der Waals surface area contributed by atoms with Crippen LogP contribution in [0.15, 0.2) is 18.2 Å². The molecule has 1 saturated carbocycles. The van der Waals surface area contributed by atoms with Crippen molar-refractivity contribution in [1.29, 1.82) is 0 Å². The van der Waals surface area contributed by atoms with Gasteiger partial charge in [0.15, 0.2) is 0 Å². The number of carbonyl (C=O) groups is 1. The van der Waals surface area contributed by atoms with Gasteiger partial charge in [0.25, 0.3) is 0 Å². The van der Waals surface area contributed by atoms with Crippen molar-refractivity contribution in [2.24, 2.45) is 0 Å². The second-order valence-corrected chi connectivity index (χ2v) is 4.57. The summed E-state index contributed by atoms with van der Waals surface area (Å²) >= 11 is 0. The molecule has 0 aromatic heterocycles. The minimum absolute atomic E-state index is 0.00514. The van der Waals surface area contributed by atoms with Crippen LogP contribution in [0.3, 0.4) is 0 Å². The molecule has 1 aromatic rings. The lowest BCUT2D eigenvalue weighted by Gasteiger charge is -2.20. The minimum atomic E-state index is -0.00514. The minimum Gasteiger partial charge on any atom is -0.335 e. The summed E-state index contributed by atoms with van der Waals surface area (Å²) < 4.78 is 0. The molecule has 0 radical (unpaired) electrons. The van der Waals surface area contributed by atoms with Crippen LogP contribution in [0.1, 0.15) is 24.0 Å². The Morgan fingerprint density at radius 2 is 2.06 bits per heavy atom. The van der Waals surface area contributed by atoms with Crippen molar-refractivity contribution >= 4 is 11.7 Å². The Kier molecular flexibility index (Phi) is 2.86. The van der Waals surface area contributed by atoms with Gasteiger partial charge in [0.1, 0.15) is 0 Å². The molecule has 0 atom stereocenters. The quantitative estimate of drug-likeness (QED) is 0.813. The molecule has 3 nitrogen and oxygen atoms in total. The Labute approximate surface area is 96.5 Å². The summed E-state index contributed by atoms with van der Waals surface area (Å²) in [5.41, 5.74) is 3.33. The van der Waals surface area contributed by atoms with Crippen LogP contribution in [0, 0.1) is 13.8 Å². The van der Waals surface area contributed by atoms with Crippen molar-refractivity contribution in [3.05, 3.63) is 29.3 Å².